The topological polar surface area (TPSA) is 0 Å². The van der Waals surface area contributed by atoms with E-state index in [0.717, 1.165) is 19.3 Å². The van der Waals surface area contributed by atoms with Crippen molar-refractivity contribution in [1.29, 1.82) is 0 Å². The molecule has 25 heavy (non-hydrogen) atoms. The zero-order chi connectivity index (χ0) is 17.5. The van der Waals surface area contributed by atoms with Gasteiger partial charge in [0, 0.05) is 0 Å². The van der Waals surface area contributed by atoms with Crippen molar-refractivity contribution in [3.63, 3.8) is 0 Å². The van der Waals surface area contributed by atoms with Crippen molar-refractivity contribution in [2.45, 2.75) is 78.6 Å². The molecule has 3 rings (SSSR count). The first-order chi connectivity index (χ1) is 11.8. The fraction of sp³-hybridized carbons (Fsp3) is 0.500. The Kier molecular flexibility index (Phi) is 17.1. The predicted molar refractivity (Wildman–Crippen MR) is 106 cm³/mol. The van der Waals surface area contributed by atoms with Crippen LogP contribution in [0.1, 0.15) is 78.6 Å². The van der Waals surface area contributed by atoms with Gasteiger partial charge in [-0.15, -0.1) is 19.3 Å². The molecule has 0 aromatic rings. The number of hydrogen-bond acceptors (Lipinski definition) is 0. The minimum atomic E-state index is 0. The fourth-order valence-corrected chi connectivity index (χ4v) is 2.67. The monoisotopic (exact) mass is 461 g/mol. The van der Waals surface area contributed by atoms with E-state index in [1.54, 1.807) is 0 Å². The minimum Gasteiger partial charge on any atom is -0.269 e. The fourth-order valence-electron chi connectivity index (χ4n) is 2.67. The maximum atomic E-state index is 3.26. The molecule has 0 saturated heterocycles. The second-order valence-electron chi connectivity index (χ2n) is 6.18. The molecule has 0 heterocycles. The van der Waals surface area contributed by atoms with Crippen LogP contribution in [0.3, 0.4) is 0 Å². The first-order valence-electron chi connectivity index (χ1n) is 9.58. The maximum absolute atomic E-state index is 3.26. The third-order valence-corrected chi connectivity index (χ3v) is 3.86. The van der Waals surface area contributed by atoms with Crippen molar-refractivity contribution < 1.29 is 41.7 Å². The first-order valence-corrected chi connectivity index (χ1v) is 9.58. The smallest absolute Gasteiger partial charge is 0.269 e. The molecular formula is C24H33Ce. The van der Waals surface area contributed by atoms with E-state index >= 15 is 0 Å². The molecule has 1 heteroatoms. The summed E-state index contributed by atoms with van der Waals surface area (Å²) >= 11 is 0. The molecule has 0 unspecified atom stereocenters. The van der Waals surface area contributed by atoms with Gasteiger partial charge in [0.2, 0.25) is 0 Å². The summed E-state index contributed by atoms with van der Waals surface area (Å²) < 4.78 is 0. The summed E-state index contributed by atoms with van der Waals surface area (Å²) in [5.74, 6) is 0. The van der Waals surface area contributed by atoms with Crippen LogP contribution in [-0.4, -0.2) is 0 Å². The second kappa shape index (κ2) is 17.2. The Labute approximate surface area is 190 Å². The van der Waals surface area contributed by atoms with E-state index in [1.807, 2.05) is 0 Å². The Morgan fingerprint density at radius 3 is 1.04 bits per heavy atom. The molecular weight excluding hydrogens is 428 g/mol. The summed E-state index contributed by atoms with van der Waals surface area (Å²) in [6, 6.07) is 0. The molecule has 0 aromatic carbocycles. The van der Waals surface area contributed by atoms with Crippen LogP contribution < -0.4 is 0 Å². The van der Waals surface area contributed by atoms with Gasteiger partial charge in [-0.05, 0) is 0 Å². The van der Waals surface area contributed by atoms with Crippen LogP contribution in [0.5, 0.6) is 0 Å². The van der Waals surface area contributed by atoms with Gasteiger partial charge >= 0.3 is 41.7 Å². The minimum absolute atomic E-state index is 0. The summed E-state index contributed by atoms with van der Waals surface area (Å²) in [6.07, 6.45) is 33.2. The first kappa shape index (κ1) is 24.8. The van der Waals surface area contributed by atoms with Gasteiger partial charge in [-0.1, -0.05) is 59.3 Å². The van der Waals surface area contributed by atoms with Crippen LogP contribution >= 0.6 is 0 Å². The Bertz CT molecular complexity index is 436. The van der Waals surface area contributed by atoms with Gasteiger partial charge in [0.1, 0.15) is 0 Å². The van der Waals surface area contributed by atoms with Gasteiger partial charge in [-0.2, -0.15) is 18.2 Å². The van der Waals surface area contributed by atoms with E-state index in [9.17, 15) is 0 Å². The van der Waals surface area contributed by atoms with Crippen LogP contribution in [0.25, 0.3) is 0 Å². The van der Waals surface area contributed by atoms with Gasteiger partial charge in [0.05, 0.1) is 0 Å². The van der Waals surface area contributed by atoms with Crippen molar-refractivity contribution in [1.82, 2.24) is 0 Å². The van der Waals surface area contributed by atoms with Gasteiger partial charge in [0.25, 0.3) is 0 Å². The van der Waals surface area contributed by atoms with E-state index in [-0.39, 0.29) is 41.7 Å². The van der Waals surface area contributed by atoms with E-state index in [2.05, 4.69) is 75.5 Å². The molecule has 0 N–H and O–H groups in total. The molecule has 0 bridgehead atoms. The summed E-state index contributed by atoms with van der Waals surface area (Å²) in [4.78, 5) is 0. The molecule has 133 valence electrons. The summed E-state index contributed by atoms with van der Waals surface area (Å²) in [5, 5.41) is 0. The Balaban J connectivity index is 0.000000339. The van der Waals surface area contributed by atoms with Crippen molar-refractivity contribution in [2.24, 2.45) is 0 Å². The zero-order valence-corrected chi connectivity index (χ0v) is 19.5. The van der Waals surface area contributed by atoms with E-state index < -0.39 is 0 Å². The van der Waals surface area contributed by atoms with Crippen LogP contribution in [-0.2, 0) is 0 Å². The van der Waals surface area contributed by atoms with Gasteiger partial charge in [-0.25, -0.2) is 34.9 Å². The van der Waals surface area contributed by atoms with Crippen molar-refractivity contribution >= 4 is 0 Å². The molecule has 3 aliphatic carbocycles. The van der Waals surface area contributed by atoms with E-state index in [1.165, 1.54) is 55.2 Å². The van der Waals surface area contributed by atoms with Crippen LogP contribution in [0.15, 0.2) is 53.2 Å². The molecule has 0 atom stereocenters. The summed E-state index contributed by atoms with van der Waals surface area (Å²) in [5.41, 5.74) is 4.19. The normalized spacial score (nSPS) is 16.2. The number of hydrogen-bond donors (Lipinski definition) is 0. The molecule has 0 amide bonds. The van der Waals surface area contributed by atoms with E-state index in [0.29, 0.717) is 0 Å². The third-order valence-electron chi connectivity index (χ3n) is 3.86. The zero-order valence-electron chi connectivity index (χ0n) is 16.3. The Morgan fingerprint density at radius 1 is 0.600 bits per heavy atom. The Morgan fingerprint density at radius 2 is 0.880 bits per heavy atom. The summed E-state index contributed by atoms with van der Waals surface area (Å²) in [7, 11) is 0. The second-order valence-corrected chi connectivity index (χ2v) is 6.18. The van der Waals surface area contributed by atoms with Crippen LogP contribution in [0, 0.1) is 60.0 Å². The third kappa shape index (κ3) is 12.8. The Hall–Kier alpha value is -0.183. The van der Waals surface area contributed by atoms with Crippen molar-refractivity contribution in [2.75, 3.05) is 0 Å². The van der Waals surface area contributed by atoms with Crippen LogP contribution in [0.2, 0.25) is 0 Å². The number of allylic oxidation sites excluding steroid dienone is 12. The molecule has 0 aliphatic heterocycles. The van der Waals surface area contributed by atoms with Crippen molar-refractivity contribution in [3.05, 3.63) is 71.4 Å². The maximum Gasteiger partial charge on any atom is 3.00 e. The standard InChI is InChI=1S/3C8H11.Ce/c3*1-2-5-8-6-3-4-7-8;/h3*3,6H,2,4-5H2,1H3;/q3*-1;+3. The molecule has 0 spiro atoms. The van der Waals surface area contributed by atoms with Gasteiger partial charge < -0.3 is 0 Å². The molecule has 0 aromatic heterocycles. The molecule has 0 saturated carbocycles. The average Bonchev–Trinajstić information content (AvgIpc) is 3.33. The van der Waals surface area contributed by atoms with Gasteiger partial charge in [-0.3, -0.25) is 18.2 Å². The summed E-state index contributed by atoms with van der Waals surface area (Å²) in [6.45, 7) is 6.59. The average molecular weight is 462 g/mol. The molecule has 0 nitrogen and oxygen atoms in total. The molecule has 0 fully saturated rings. The van der Waals surface area contributed by atoms with Gasteiger partial charge in [0.15, 0.2) is 0 Å². The predicted octanol–water partition coefficient (Wildman–Crippen LogP) is 7.43. The molecule has 1 radical (unpaired) electrons. The van der Waals surface area contributed by atoms with Crippen molar-refractivity contribution in [3.8, 4) is 0 Å². The largest absolute Gasteiger partial charge is 3.00 e. The quantitative estimate of drug-likeness (QED) is 0.361. The SMILES string of the molecule is CCCC1=[C-]CC=C1.CCCC1=[C-]CC=C1.CCCC1=[C-]CC=C1.[Ce+3]. The number of rotatable bonds is 6. The van der Waals surface area contributed by atoms with E-state index in [4.69, 9.17) is 0 Å². The van der Waals surface area contributed by atoms with Crippen LogP contribution in [0.4, 0.5) is 0 Å². The molecule has 3 aliphatic rings.